The van der Waals surface area contributed by atoms with Crippen LogP contribution in [0.3, 0.4) is 0 Å². The fraction of sp³-hybridized carbons (Fsp3) is 0.312. The highest BCUT2D eigenvalue weighted by molar-refractivity contribution is 5.93. The van der Waals surface area contributed by atoms with Crippen LogP contribution in [0.2, 0.25) is 0 Å². The van der Waals surface area contributed by atoms with Gasteiger partial charge in [0.2, 0.25) is 5.91 Å². The van der Waals surface area contributed by atoms with E-state index in [1.54, 1.807) is 12.1 Å². The minimum atomic E-state index is -0.0445. The Labute approximate surface area is 124 Å². The molecule has 1 aromatic rings. The first kappa shape index (κ1) is 15.0. The fourth-order valence-corrected chi connectivity index (χ4v) is 2.15. The van der Waals surface area contributed by atoms with Crippen molar-refractivity contribution < 1.29 is 14.6 Å². The molecule has 1 heterocycles. The number of carbonyl (C=O) groups excluding carboxylic acids is 1. The molecule has 0 spiro atoms. The van der Waals surface area contributed by atoms with Crippen molar-refractivity contribution in [2.24, 2.45) is 0 Å². The molecule has 0 unspecified atom stereocenters. The van der Waals surface area contributed by atoms with Gasteiger partial charge in [-0.1, -0.05) is 12.1 Å². The smallest absolute Gasteiger partial charge is 0.249 e. The number of benzene rings is 1. The van der Waals surface area contributed by atoms with E-state index >= 15 is 0 Å². The van der Waals surface area contributed by atoms with Crippen LogP contribution in [-0.2, 0) is 11.2 Å². The number of nitrogens with one attached hydrogen (secondary N) is 1. The number of rotatable bonds is 5. The van der Waals surface area contributed by atoms with E-state index in [9.17, 15) is 9.90 Å². The summed E-state index contributed by atoms with van der Waals surface area (Å²) in [5.41, 5.74) is 1.75. The first-order valence-corrected chi connectivity index (χ1v) is 6.83. The molecule has 1 aliphatic heterocycles. The summed E-state index contributed by atoms with van der Waals surface area (Å²) in [6, 6.07) is 5.19. The maximum atomic E-state index is 12.0. The van der Waals surface area contributed by atoms with E-state index in [0.29, 0.717) is 25.1 Å². The van der Waals surface area contributed by atoms with Gasteiger partial charge in [-0.05, 0) is 36.7 Å². The van der Waals surface area contributed by atoms with Crippen molar-refractivity contribution in [3.8, 4) is 11.5 Å². The summed E-state index contributed by atoms with van der Waals surface area (Å²) in [4.78, 5) is 13.9. The van der Waals surface area contributed by atoms with Crippen molar-refractivity contribution in [1.29, 1.82) is 0 Å². The van der Waals surface area contributed by atoms with Crippen LogP contribution in [0.1, 0.15) is 12.0 Å². The lowest BCUT2D eigenvalue weighted by Gasteiger charge is -2.16. The number of phenols is 1. The molecule has 0 aromatic heterocycles. The van der Waals surface area contributed by atoms with Gasteiger partial charge in [-0.2, -0.15) is 0 Å². The fourth-order valence-electron chi connectivity index (χ4n) is 2.15. The molecule has 0 aliphatic carbocycles. The Balaban J connectivity index is 1.85. The molecule has 2 rings (SSSR count). The van der Waals surface area contributed by atoms with Crippen LogP contribution in [-0.4, -0.2) is 36.6 Å². The SMILES string of the molecule is COc1cc(CCNC(=O)C2=CN(C)C=CC2)ccc1O. The van der Waals surface area contributed by atoms with E-state index in [-0.39, 0.29) is 11.7 Å². The quantitative estimate of drug-likeness (QED) is 0.867. The predicted molar refractivity (Wildman–Crippen MR) is 81.0 cm³/mol. The zero-order chi connectivity index (χ0) is 15.2. The second kappa shape index (κ2) is 6.83. The van der Waals surface area contributed by atoms with Gasteiger partial charge >= 0.3 is 0 Å². The highest BCUT2D eigenvalue weighted by Crippen LogP contribution is 2.26. The molecule has 5 heteroatoms. The van der Waals surface area contributed by atoms with Gasteiger partial charge in [0.05, 0.1) is 7.11 Å². The zero-order valence-electron chi connectivity index (χ0n) is 12.3. The molecule has 0 saturated heterocycles. The molecule has 0 radical (unpaired) electrons. The lowest BCUT2D eigenvalue weighted by molar-refractivity contribution is -0.117. The van der Waals surface area contributed by atoms with Gasteiger partial charge in [0.15, 0.2) is 11.5 Å². The molecule has 0 saturated carbocycles. The van der Waals surface area contributed by atoms with Crippen LogP contribution in [0.5, 0.6) is 11.5 Å². The Morgan fingerprint density at radius 2 is 2.29 bits per heavy atom. The molecule has 1 amide bonds. The minimum Gasteiger partial charge on any atom is -0.504 e. The summed E-state index contributed by atoms with van der Waals surface area (Å²) in [5, 5.41) is 12.4. The second-order valence-electron chi connectivity index (χ2n) is 4.92. The number of aromatic hydroxyl groups is 1. The average Bonchev–Trinajstić information content (AvgIpc) is 2.48. The van der Waals surface area contributed by atoms with E-state index in [4.69, 9.17) is 4.74 Å². The number of nitrogens with zero attached hydrogens (tertiary/aromatic N) is 1. The summed E-state index contributed by atoms with van der Waals surface area (Å²) < 4.78 is 5.06. The van der Waals surface area contributed by atoms with Crippen LogP contribution >= 0.6 is 0 Å². The van der Waals surface area contributed by atoms with Crippen molar-refractivity contribution in [2.75, 3.05) is 20.7 Å². The van der Waals surface area contributed by atoms with Gasteiger partial charge in [-0.3, -0.25) is 4.79 Å². The monoisotopic (exact) mass is 288 g/mol. The Kier molecular flexibility index (Phi) is 4.87. The molecule has 0 fully saturated rings. The van der Waals surface area contributed by atoms with Crippen LogP contribution < -0.4 is 10.1 Å². The number of allylic oxidation sites excluding steroid dienone is 1. The number of ether oxygens (including phenoxy) is 1. The largest absolute Gasteiger partial charge is 0.504 e. The third-order valence-corrected chi connectivity index (χ3v) is 3.27. The Morgan fingerprint density at radius 1 is 1.48 bits per heavy atom. The van der Waals surface area contributed by atoms with Gasteiger partial charge in [-0.25, -0.2) is 0 Å². The topological polar surface area (TPSA) is 61.8 Å². The normalized spacial score (nSPS) is 13.8. The van der Waals surface area contributed by atoms with Crippen molar-refractivity contribution >= 4 is 5.91 Å². The third kappa shape index (κ3) is 4.02. The zero-order valence-corrected chi connectivity index (χ0v) is 12.3. The minimum absolute atomic E-state index is 0.0445. The molecule has 112 valence electrons. The molecular weight excluding hydrogens is 268 g/mol. The van der Waals surface area contributed by atoms with E-state index in [2.05, 4.69) is 5.32 Å². The Bertz CT molecular complexity index is 579. The van der Waals surface area contributed by atoms with Crippen molar-refractivity contribution in [3.63, 3.8) is 0 Å². The molecule has 21 heavy (non-hydrogen) atoms. The van der Waals surface area contributed by atoms with E-state index in [1.165, 1.54) is 7.11 Å². The first-order valence-electron chi connectivity index (χ1n) is 6.83. The summed E-state index contributed by atoms with van der Waals surface area (Å²) in [5.74, 6) is 0.519. The second-order valence-corrected chi connectivity index (χ2v) is 4.92. The summed E-state index contributed by atoms with van der Waals surface area (Å²) in [7, 11) is 3.41. The molecule has 0 atom stereocenters. The van der Waals surface area contributed by atoms with Crippen LogP contribution in [0.25, 0.3) is 0 Å². The van der Waals surface area contributed by atoms with Crippen molar-refractivity contribution in [3.05, 3.63) is 47.8 Å². The van der Waals surface area contributed by atoms with E-state index < -0.39 is 0 Å². The van der Waals surface area contributed by atoms with E-state index in [0.717, 1.165) is 11.1 Å². The number of hydrogen-bond acceptors (Lipinski definition) is 4. The highest BCUT2D eigenvalue weighted by Gasteiger charge is 2.11. The van der Waals surface area contributed by atoms with Crippen molar-refractivity contribution in [2.45, 2.75) is 12.8 Å². The number of phenolic OH excluding ortho intramolecular Hbond substituents is 1. The number of amides is 1. The Hall–Kier alpha value is -2.43. The number of hydrogen-bond donors (Lipinski definition) is 2. The van der Waals surface area contributed by atoms with Gasteiger partial charge in [0, 0.05) is 25.4 Å². The summed E-state index contributed by atoms with van der Waals surface area (Å²) in [6.07, 6.45) is 7.06. The highest BCUT2D eigenvalue weighted by atomic mass is 16.5. The molecule has 2 N–H and O–H groups in total. The maximum Gasteiger partial charge on any atom is 0.249 e. The average molecular weight is 288 g/mol. The van der Waals surface area contributed by atoms with Gasteiger partial charge < -0.3 is 20.1 Å². The van der Waals surface area contributed by atoms with Crippen molar-refractivity contribution in [1.82, 2.24) is 10.2 Å². The first-order chi connectivity index (χ1) is 10.1. The summed E-state index contributed by atoms with van der Waals surface area (Å²) >= 11 is 0. The molecular formula is C16H20N2O3. The lowest BCUT2D eigenvalue weighted by Crippen LogP contribution is -2.28. The Morgan fingerprint density at radius 3 is 3.00 bits per heavy atom. The third-order valence-electron chi connectivity index (χ3n) is 3.27. The standard InChI is InChI=1S/C16H20N2O3/c1-18-9-3-4-13(11-18)16(20)17-8-7-12-5-6-14(19)15(10-12)21-2/h3,5-6,9-11,19H,4,7-8H2,1-2H3,(H,17,20). The molecule has 1 aromatic carbocycles. The number of methoxy groups -OCH3 is 1. The van der Waals surface area contributed by atoms with Gasteiger partial charge in [0.25, 0.3) is 0 Å². The van der Waals surface area contributed by atoms with Gasteiger partial charge in [0.1, 0.15) is 0 Å². The van der Waals surface area contributed by atoms with Crippen LogP contribution in [0.15, 0.2) is 42.2 Å². The van der Waals surface area contributed by atoms with Crippen LogP contribution in [0.4, 0.5) is 0 Å². The number of carbonyl (C=O) groups is 1. The lowest BCUT2D eigenvalue weighted by atomic mass is 10.1. The van der Waals surface area contributed by atoms with E-state index in [1.807, 2.05) is 36.5 Å². The van der Waals surface area contributed by atoms with Crippen LogP contribution in [0, 0.1) is 0 Å². The summed E-state index contributed by atoms with van der Waals surface area (Å²) in [6.45, 7) is 0.539. The predicted octanol–water partition coefficient (Wildman–Crippen LogP) is 1.79. The molecule has 1 aliphatic rings. The van der Waals surface area contributed by atoms with Gasteiger partial charge in [-0.15, -0.1) is 0 Å². The molecule has 0 bridgehead atoms. The molecule has 5 nitrogen and oxygen atoms in total. The maximum absolute atomic E-state index is 12.0.